The van der Waals surface area contributed by atoms with Gasteiger partial charge in [0.05, 0.1) is 24.6 Å². The number of carbonyl (C=O) groups excluding carboxylic acids is 3. The van der Waals surface area contributed by atoms with E-state index in [9.17, 15) is 14.4 Å². The van der Waals surface area contributed by atoms with Gasteiger partial charge in [-0.25, -0.2) is 4.98 Å². The Labute approximate surface area is 165 Å². The number of rotatable bonds is 7. The van der Waals surface area contributed by atoms with Gasteiger partial charge in [0.15, 0.2) is 11.7 Å². The number of hydrogen-bond acceptors (Lipinski definition) is 7. The second-order valence-corrected chi connectivity index (χ2v) is 7.02. The van der Waals surface area contributed by atoms with Gasteiger partial charge in [-0.15, -0.1) is 11.3 Å². The first-order chi connectivity index (χ1) is 13.5. The van der Waals surface area contributed by atoms with E-state index in [1.165, 1.54) is 11.3 Å². The van der Waals surface area contributed by atoms with Crippen molar-refractivity contribution in [3.05, 3.63) is 40.9 Å². The van der Waals surface area contributed by atoms with Gasteiger partial charge in [-0.1, -0.05) is 12.1 Å². The molecule has 8 nitrogen and oxygen atoms in total. The summed E-state index contributed by atoms with van der Waals surface area (Å²) < 4.78 is 4.99. The highest BCUT2D eigenvalue weighted by Crippen LogP contribution is 2.25. The quantitative estimate of drug-likeness (QED) is 0.715. The molecule has 1 N–H and O–H groups in total. The Morgan fingerprint density at radius 1 is 1.32 bits per heavy atom. The van der Waals surface area contributed by atoms with Crippen molar-refractivity contribution in [2.75, 3.05) is 23.4 Å². The molecule has 1 aromatic carbocycles. The van der Waals surface area contributed by atoms with Crippen LogP contribution < -0.4 is 10.2 Å². The lowest BCUT2D eigenvalue weighted by molar-refractivity contribution is -0.146. The van der Waals surface area contributed by atoms with Gasteiger partial charge >= 0.3 is 5.97 Å². The molecule has 1 saturated heterocycles. The second-order valence-electron chi connectivity index (χ2n) is 6.19. The normalized spacial score (nSPS) is 13.2. The third kappa shape index (κ3) is 5.14. The molecule has 0 unspecified atom stereocenters. The number of aromatic nitrogens is 1. The van der Waals surface area contributed by atoms with Gasteiger partial charge in [-0.05, 0) is 24.1 Å². The zero-order valence-corrected chi connectivity index (χ0v) is 15.8. The Hall–Kier alpha value is -3.25. The Morgan fingerprint density at radius 2 is 2.11 bits per heavy atom. The van der Waals surface area contributed by atoms with Crippen LogP contribution in [0.1, 0.15) is 24.1 Å². The molecule has 2 amide bonds. The number of nitrogens with one attached hydrogen (secondary N) is 1. The highest BCUT2D eigenvalue weighted by Gasteiger charge is 2.24. The van der Waals surface area contributed by atoms with E-state index in [2.05, 4.69) is 10.3 Å². The van der Waals surface area contributed by atoms with Crippen molar-refractivity contribution < 1.29 is 19.1 Å². The summed E-state index contributed by atoms with van der Waals surface area (Å²) in [4.78, 5) is 41.5. The summed E-state index contributed by atoms with van der Waals surface area (Å²) in [5, 5.41) is 13.6. The maximum absolute atomic E-state index is 11.9. The number of hydrogen-bond donors (Lipinski definition) is 1. The van der Waals surface area contributed by atoms with Gasteiger partial charge in [-0.2, -0.15) is 5.26 Å². The fraction of sp³-hybridized carbons (Fsp3) is 0.316. The summed E-state index contributed by atoms with van der Waals surface area (Å²) in [6.45, 7) is 0.244. The molecule has 0 aliphatic carbocycles. The summed E-state index contributed by atoms with van der Waals surface area (Å²) in [5.74, 6) is -0.979. The Bertz CT molecular complexity index is 917. The minimum absolute atomic E-state index is 0.0424. The molecule has 0 spiro atoms. The lowest BCUT2D eigenvalue weighted by Crippen LogP contribution is -2.23. The monoisotopic (exact) mass is 398 g/mol. The predicted octanol–water partition coefficient (Wildman–Crippen LogP) is 2.06. The molecule has 3 rings (SSSR count). The first-order valence-electron chi connectivity index (χ1n) is 8.71. The Kier molecular flexibility index (Phi) is 6.34. The molecule has 1 aliphatic heterocycles. The van der Waals surface area contributed by atoms with E-state index < -0.39 is 18.5 Å². The summed E-state index contributed by atoms with van der Waals surface area (Å²) in [5.41, 5.74) is 1.92. The van der Waals surface area contributed by atoms with E-state index in [-0.39, 0.29) is 12.3 Å². The largest absolute Gasteiger partial charge is 0.455 e. The molecule has 1 aromatic heterocycles. The summed E-state index contributed by atoms with van der Waals surface area (Å²) in [6.07, 6.45) is 1.57. The molecule has 0 atom stereocenters. The van der Waals surface area contributed by atoms with Crippen LogP contribution in [0.15, 0.2) is 29.6 Å². The molecule has 0 radical (unpaired) electrons. The molecule has 2 heterocycles. The van der Waals surface area contributed by atoms with Crippen molar-refractivity contribution in [1.29, 1.82) is 5.26 Å². The van der Waals surface area contributed by atoms with Gasteiger partial charge in [0.2, 0.25) is 5.91 Å². The van der Waals surface area contributed by atoms with Crippen molar-refractivity contribution >= 4 is 39.9 Å². The maximum Gasteiger partial charge on any atom is 0.312 e. The number of benzene rings is 1. The Balaban J connectivity index is 1.44. The van der Waals surface area contributed by atoms with E-state index in [4.69, 9.17) is 10.00 Å². The van der Waals surface area contributed by atoms with Crippen LogP contribution in [0.25, 0.3) is 0 Å². The van der Waals surface area contributed by atoms with Crippen molar-refractivity contribution in [3.63, 3.8) is 0 Å². The number of anilines is 2. The third-order valence-corrected chi connectivity index (χ3v) is 4.97. The number of amides is 2. The third-order valence-electron chi connectivity index (χ3n) is 4.05. The van der Waals surface area contributed by atoms with Crippen LogP contribution in [0.2, 0.25) is 0 Å². The average molecular weight is 398 g/mol. The number of nitriles is 1. The average Bonchev–Trinajstić information content (AvgIpc) is 3.30. The molecule has 0 bridgehead atoms. The number of nitrogens with zero attached hydrogens (tertiary/aromatic N) is 3. The highest BCUT2D eigenvalue weighted by atomic mass is 32.1. The number of carbonyl (C=O) groups is 3. The summed E-state index contributed by atoms with van der Waals surface area (Å²) in [6, 6.07) is 8.91. The van der Waals surface area contributed by atoms with Crippen LogP contribution >= 0.6 is 11.3 Å². The summed E-state index contributed by atoms with van der Waals surface area (Å²) >= 11 is 1.31. The van der Waals surface area contributed by atoms with Gasteiger partial charge in [0.1, 0.15) is 0 Å². The summed E-state index contributed by atoms with van der Waals surface area (Å²) in [7, 11) is 0. The van der Waals surface area contributed by atoms with Crippen LogP contribution in [0.5, 0.6) is 0 Å². The molecule has 1 aliphatic rings. The van der Waals surface area contributed by atoms with Crippen LogP contribution in [-0.4, -0.2) is 35.9 Å². The SMILES string of the molecule is N#CCc1ccc(NC(=O)COC(=O)Cc2csc(N3CCCC3=O)n2)cc1. The van der Waals surface area contributed by atoms with Crippen LogP contribution in [0, 0.1) is 11.3 Å². The standard InChI is InChI=1S/C19H18N4O4S/c20-8-7-13-3-5-14(6-4-13)21-16(24)11-27-18(26)10-15-12-28-19(22-15)23-9-1-2-17(23)25/h3-6,12H,1-2,7,9-11H2,(H,21,24). The molecule has 0 saturated carbocycles. The number of thiazole rings is 1. The first-order valence-corrected chi connectivity index (χ1v) is 9.59. The van der Waals surface area contributed by atoms with Crippen molar-refractivity contribution in [2.24, 2.45) is 0 Å². The van der Waals surface area contributed by atoms with E-state index >= 15 is 0 Å². The van der Waals surface area contributed by atoms with Gasteiger partial charge < -0.3 is 10.1 Å². The molecule has 1 fully saturated rings. The van der Waals surface area contributed by atoms with Crippen LogP contribution in [-0.2, 0) is 32.0 Å². The number of esters is 1. The minimum atomic E-state index is -0.566. The maximum atomic E-state index is 11.9. The molecule has 9 heteroatoms. The van der Waals surface area contributed by atoms with Crippen molar-refractivity contribution in [3.8, 4) is 6.07 Å². The first kappa shape index (κ1) is 19.5. The van der Waals surface area contributed by atoms with E-state index in [0.29, 0.717) is 35.9 Å². The smallest absolute Gasteiger partial charge is 0.312 e. The molecule has 144 valence electrons. The molecule has 28 heavy (non-hydrogen) atoms. The van der Waals surface area contributed by atoms with Crippen LogP contribution in [0.4, 0.5) is 10.8 Å². The topological polar surface area (TPSA) is 112 Å². The van der Waals surface area contributed by atoms with E-state index in [1.807, 2.05) is 6.07 Å². The van der Waals surface area contributed by atoms with Crippen LogP contribution in [0.3, 0.4) is 0 Å². The van der Waals surface area contributed by atoms with Gasteiger partial charge in [0.25, 0.3) is 5.91 Å². The molecular weight excluding hydrogens is 380 g/mol. The predicted molar refractivity (Wildman–Crippen MR) is 103 cm³/mol. The van der Waals surface area contributed by atoms with Crippen molar-refractivity contribution in [2.45, 2.75) is 25.7 Å². The van der Waals surface area contributed by atoms with Crippen molar-refractivity contribution in [1.82, 2.24) is 4.98 Å². The van der Waals surface area contributed by atoms with Gasteiger partial charge in [-0.3, -0.25) is 19.3 Å². The minimum Gasteiger partial charge on any atom is -0.455 e. The zero-order valence-electron chi connectivity index (χ0n) is 15.0. The zero-order chi connectivity index (χ0) is 19.9. The fourth-order valence-electron chi connectivity index (χ4n) is 2.69. The fourth-order valence-corrected chi connectivity index (χ4v) is 3.56. The molecule has 2 aromatic rings. The second kappa shape index (κ2) is 9.10. The Morgan fingerprint density at radius 3 is 2.79 bits per heavy atom. The number of ether oxygens (including phenoxy) is 1. The van der Waals surface area contributed by atoms with E-state index in [1.54, 1.807) is 34.5 Å². The highest BCUT2D eigenvalue weighted by molar-refractivity contribution is 7.14. The van der Waals surface area contributed by atoms with E-state index in [0.717, 1.165) is 12.0 Å². The van der Waals surface area contributed by atoms with Gasteiger partial charge in [0, 0.05) is 24.0 Å². The lowest BCUT2D eigenvalue weighted by atomic mass is 10.1. The lowest BCUT2D eigenvalue weighted by Gasteiger charge is -2.10. The molecular formula is C19H18N4O4S.